The quantitative estimate of drug-likeness (QED) is 0.728. The Bertz CT molecular complexity index is 808. The van der Waals surface area contributed by atoms with Crippen LogP contribution in [-0.2, 0) is 0 Å². The van der Waals surface area contributed by atoms with E-state index < -0.39 is 0 Å². The zero-order valence-electron chi connectivity index (χ0n) is 15.9. The van der Waals surface area contributed by atoms with E-state index in [9.17, 15) is 0 Å². The molecule has 2 aromatic rings. The Morgan fingerprint density at radius 3 is 2.32 bits per heavy atom. The van der Waals surface area contributed by atoms with Crippen LogP contribution in [0, 0.1) is 29.1 Å². The first kappa shape index (κ1) is 18.1. The van der Waals surface area contributed by atoms with Crippen molar-refractivity contribution in [3.05, 3.63) is 41.6 Å². The van der Waals surface area contributed by atoms with Gasteiger partial charge in [-0.05, 0) is 23.2 Å². The summed E-state index contributed by atoms with van der Waals surface area (Å²) in [5.74, 6) is 2.07. The average Bonchev–Trinajstić information content (AvgIpc) is 3.14. The summed E-state index contributed by atoms with van der Waals surface area (Å²) in [5, 5.41) is 4.62. The highest BCUT2D eigenvalue weighted by atomic mass is 35.5. The molecule has 5 heteroatoms. The Morgan fingerprint density at radius 1 is 1.08 bits per heavy atom. The molecule has 2 aromatic heterocycles. The molecule has 0 saturated heterocycles. The lowest BCUT2D eigenvalue weighted by Crippen LogP contribution is -2.43. The molecule has 3 rings (SSSR count). The molecule has 1 aliphatic carbocycles. The molecule has 2 heterocycles. The number of nitrogens with zero attached hydrogens (tertiary/aromatic N) is 4. The largest absolute Gasteiger partial charge is 0.230 e. The molecule has 0 amide bonds. The van der Waals surface area contributed by atoms with Crippen LogP contribution in [-0.4, -0.2) is 19.6 Å². The van der Waals surface area contributed by atoms with Crippen LogP contribution >= 0.6 is 11.6 Å². The minimum absolute atomic E-state index is 0.195. The van der Waals surface area contributed by atoms with Crippen LogP contribution in [0.4, 0.5) is 0 Å². The summed E-state index contributed by atoms with van der Waals surface area (Å²) in [6.07, 6.45) is 10.1. The van der Waals surface area contributed by atoms with Gasteiger partial charge in [0.2, 0.25) is 0 Å². The van der Waals surface area contributed by atoms with Crippen molar-refractivity contribution in [3.8, 4) is 0 Å². The maximum absolute atomic E-state index is 6.19. The van der Waals surface area contributed by atoms with Crippen LogP contribution in [0.3, 0.4) is 0 Å². The second-order valence-corrected chi connectivity index (χ2v) is 8.30. The molecule has 0 spiro atoms. The molecule has 0 N–H and O–H groups in total. The van der Waals surface area contributed by atoms with Crippen molar-refractivity contribution in [2.45, 2.75) is 41.5 Å². The van der Waals surface area contributed by atoms with E-state index in [1.807, 2.05) is 0 Å². The summed E-state index contributed by atoms with van der Waals surface area (Å²) in [6, 6.07) is 0. The van der Waals surface area contributed by atoms with Crippen LogP contribution in [0.5, 0.6) is 0 Å². The predicted octanol–water partition coefficient (Wildman–Crippen LogP) is 5.30. The summed E-state index contributed by atoms with van der Waals surface area (Å²) >= 11 is 6.19. The van der Waals surface area contributed by atoms with Gasteiger partial charge in [0, 0.05) is 11.5 Å². The Balaban J connectivity index is 2.10. The number of halogens is 1. The number of fused-ring (bicyclic) bond motifs is 1. The summed E-state index contributed by atoms with van der Waals surface area (Å²) in [6.45, 7) is 14.0. The smallest absolute Gasteiger partial charge is 0.181 e. The van der Waals surface area contributed by atoms with Crippen LogP contribution in [0.2, 0.25) is 5.15 Å². The molecule has 0 bridgehead atoms. The molecule has 1 unspecified atom stereocenters. The van der Waals surface area contributed by atoms with E-state index in [0.717, 1.165) is 16.9 Å². The molecule has 0 aromatic carbocycles. The molecule has 25 heavy (non-hydrogen) atoms. The third-order valence-electron chi connectivity index (χ3n) is 5.93. The minimum Gasteiger partial charge on any atom is -0.230 e. The Labute approximate surface area is 155 Å². The van der Waals surface area contributed by atoms with Crippen molar-refractivity contribution in [1.29, 1.82) is 0 Å². The molecule has 134 valence electrons. The van der Waals surface area contributed by atoms with E-state index in [2.05, 4.69) is 74.8 Å². The van der Waals surface area contributed by atoms with Gasteiger partial charge in [-0.25, -0.2) is 14.5 Å². The minimum atomic E-state index is 0.195. The molecule has 0 fully saturated rings. The SMILES string of the molecule is CC(C)C(C(C)C)(C(C)C)C1C=CC(c2nc(Cl)cn3ncnc23)=C1. The molecule has 1 aliphatic rings. The first-order chi connectivity index (χ1) is 11.8. The van der Waals surface area contributed by atoms with Gasteiger partial charge in [-0.15, -0.1) is 0 Å². The fourth-order valence-corrected chi connectivity index (χ4v) is 5.31. The van der Waals surface area contributed by atoms with Crippen molar-refractivity contribution < 1.29 is 0 Å². The summed E-state index contributed by atoms with van der Waals surface area (Å²) in [4.78, 5) is 8.88. The van der Waals surface area contributed by atoms with E-state index in [0.29, 0.717) is 28.8 Å². The maximum atomic E-state index is 6.19. The van der Waals surface area contributed by atoms with Crippen LogP contribution in [0.25, 0.3) is 11.2 Å². The van der Waals surface area contributed by atoms with Gasteiger partial charge in [0.15, 0.2) is 5.65 Å². The molecule has 0 saturated carbocycles. The van der Waals surface area contributed by atoms with Gasteiger partial charge in [0.1, 0.15) is 17.2 Å². The lowest BCUT2D eigenvalue weighted by Gasteiger charge is -2.49. The topological polar surface area (TPSA) is 43.1 Å². The number of hydrogen-bond acceptors (Lipinski definition) is 3. The van der Waals surface area contributed by atoms with E-state index in [1.165, 1.54) is 6.33 Å². The second kappa shape index (κ2) is 6.56. The zero-order chi connectivity index (χ0) is 18.4. The molecule has 1 atom stereocenters. The lowest BCUT2D eigenvalue weighted by molar-refractivity contribution is 0.0208. The van der Waals surface area contributed by atoms with Gasteiger partial charge in [-0.2, -0.15) is 5.10 Å². The molecule has 4 nitrogen and oxygen atoms in total. The van der Waals surface area contributed by atoms with Crippen molar-refractivity contribution >= 4 is 22.8 Å². The van der Waals surface area contributed by atoms with Crippen molar-refractivity contribution in [3.63, 3.8) is 0 Å². The molecular weight excluding hydrogens is 332 g/mol. The van der Waals surface area contributed by atoms with Crippen LogP contribution < -0.4 is 0 Å². The fourth-order valence-electron chi connectivity index (χ4n) is 5.13. The monoisotopic (exact) mass is 358 g/mol. The number of aromatic nitrogens is 4. The standard InChI is InChI=1S/C20H27ClN4/c1-12(2)20(13(3)4,14(5)6)16-8-7-15(9-16)18-19-22-11-23-25(19)10-17(21)24-18/h7-14,16H,1-6H3. The Hall–Kier alpha value is -1.68. The highest BCUT2D eigenvalue weighted by Crippen LogP contribution is 2.52. The second-order valence-electron chi connectivity index (χ2n) is 7.91. The van der Waals surface area contributed by atoms with Crippen molar-refractivity contribution in [2.75, 3.05) is 0 Å². The number of allylic oxidation sites excluding steroid dienone is 4. The van der Waals surface area contributed by atoms with Gasteiger partial charge in [0.05, 0.1) is 6.20 Å². The first-order valence-electron chi connectivity index (χ1n) is 9.04. The highest BCUT2D eigenvalue weighted by Gasteiger charge is 2.45. The fraction of sp³-hybridized carbons (Fsp3) is 0.550. The summed E-state index contributed by atoms with van der Waals surface area (Å²) in [5.41, 5.74) is 2.82. The average molecular weight is 359 g/mol. The third-order valence-corrected chi connectivity index (χ3v) is 6.11. The van der Waals surface area contributed by atoms with Crippen molar-refractivity contribution in [2.24, 2.45) is 29.1 Å². The third kappa shape index (κ3) is 2.80. The Morgan fingerprint density at radius 2 is 1.72 bits per heavy atom. The van der Waals surface area contributed by atoms with Crippen molar-refractivity contribution in [1.82, 2.24) is 19.6 Å². The maximum Gasteiger partial charge on any atom is 0.181 e. The van der Waals surface area contributed by atoms with E-state index in [1.54, 1.807) is 10.7 Å². The Kier molecular flexibility index (Phi) is 4.76. The van der Waals surface area contributed by atoms with Gasteiger partial charge < -0.3 is 0 Å². The van der Waals surface area contributed by atoms with Gasteiger partial charge in [-0.3, -0.25) is 0 Å². The normalized spacial score (nSPS) is 18.2. The predicted molar refractivity (Wildman–Crippen MR) is 103 cm³/mol. The van der Waals surface area contributed by atoms with E-state index >= 15 is 0 Å². The van der Waals surface area contributed by atoms with Crippen LogP contribution in [0.1, 0.15) is 47.2 Å². The molecule has 0 radical (unpaired) electrons. The number of rotatable bonds is 5. The highest BCUT2D eigenvalue weighted by molar-refractivity contribution is 6.29. The molecular formula is C20H27ClN4. The summed E-state index contributed by atoms with van der Waals surface area (Å²) < 4.78 is 1.69. The lowest BCUT2D eigenvalue weighted by atomic mass is 9.56. The number of hydrogen-bond donors (Lipinski definition) is 0. The van der Waals surface area contributed by atoms with Gasteiger partial charge in [-0.1, -0.05) is 71.4 Å². The van der Waals surface area contributed by atoms with Gasteiger partial charge >= 0.3 is 0 Å². The summed E-state index contributed by atoms with van der Waals surface area (Å²) in [7, 11) is 0. The molecule has 0 aliphatic heterocycles. The first-order valence-corrected chi connectivity index (χ1v) is 9.42. The zero-order valence-corrected chi connectivity index (χ0v) is 16.6. The van der Waals surface area contributed by atoms with E-state index in [-0.39, 0.29) is 5.41 Å². The van der Waals surface area contributed by atoms with Crippen LogP contribution in [0.15, 0.2) is 30.8 Å². The van der Waals surface area contributed by atoms with E-state index in [4.69, 9.17) is 11.6 Å². The van der Waals surface area contributed by atoms with Gasteiger partial charge in [0.25, 0.3) is 0 Å².